The molecule has 2 saturated heterocycles. The number of ether oxygens (including phenoxy) is 1. The summed E-state index contributed by atoms with van der Waals surface area (Å²) < 4.78 is 5.83. The van der Waals surface area contributed by atoms with E-state index in [1.165, 1.54) is 0 Å². The summed E-state index contributed by atoms with van der Waals surface area (Å²) in [6.07, 6.45) is 3.22. The third-order valence-corrected chi connectivity index (χ3v) is 5.25. The van der Waals surface area contributed by atoms with Crippen LogP contribution in [0.2, 0.25) is 0 Å². The van der Waals surface area contributed by atoms with Crippen molar-refractivity contribution in [2.24, 2.45) is 11.8 Å². The van der Waals surface area contributed by atoms with Gasteiger partial charge in [-0.1, -0.05) is 18.2 Å². The lowest BCUT2D eigenvalue weighted by Crippen LogP contribution is -2.39. The lowest BCUT2D eigenvalue weighted by atomic mass is 9.77. The van der Waals surface area contributed by atoms with Crippen molar-refractivity contribution < 1.29 is 19.4 Å². The Morgan fingerprint density at radius 2 is 2.45 bits per heavy atom. The van der Waals surface area contributed by atoms with Crippen LogP contribution in [0.25, 0.3) is 0 Å². The summed E-state index contributed by atoms with van der Waals surface area (Å²) in [5.41, 5.74) is -0.720. The third-order valence-electron chi connectivity index (χ3n) is 4.39. The fourth-order valence-electron chi connectivity index (χ4n) is 3.58. The summed E-state index contributed by atoms with van der Waals surface area (Å²) in [6.45, 7) is 0.980. The van der Waals surface area contributed by atoms with E-state index < -0.39 is 29.5 Å². The van der Waals surface area contributed by atoms with Gasteiger partial charge in [-0.15, -0.1) is 11.3 Å². The summed E-state index contributed by atoms with van der Waals surface area (Å²) in [4.78, 5) is 26.8. The molecule has 20 heavy (non-hydrogen) atoms. The van der Waals surface area contributed by atoms with E-state index in [4.69, 9.17) is 4.74 Å². The van der Waals surface area contributed by atoms with E-state index in [0.29, 0.717) is 13.1 Å². The van der Waals surface area contributed by atoms with Crippen molar-refractivity contribution in [3.63, 3.8) is 0 Å². The molecule has 0 radical (unpaired) electrons. The fourth-order valence-corrected chi connectivity index (χ4v) is 4.30. The van der Waals surface area contributed by atoms with Gasteiger partial charge in [0, 0.05) is 4.88 Å². The molecule has 0 aromatic carbocycles. The normalized spacial score (nSPS) is 37.7. The maximum Gasteiger partial charge on any atom is 0.310 e. The molecule has 0 unspecified atom stereocenters. The van der Waals surface area contributed by atoms with Crippen LogP contribution in [0.3, 0.4) is 0 Å². The number of carboxylic acids is 1. The molecule has 1 aromatic rings. The number of aliphatic carboxylic acids is 1. The minimum Gasteiger partial charge on any atom is -0.481 e. The molecule has 3 aliphatic rings. The van der Waals surface area contributed by atoms with E-state index >= 15 is 0 Å². The van der Waals surface area contributed by atoms with E-state index in [-0.39, 0.29) is 5.91 Å². The smallest absolute Gasteiger partial charge is 0.310 e. The molecule has 1 amide bonds. The van der Waals surface area contributed by atoms with Gasteiger partial charge in [-0.05, 0) is 11.4 Å². The molecule has 4 atom stereocenters. The maximum absolute atomic E-state index is 12.6. The van der Waals surface area contributed by atoms with Gasteiger partial charge in [-0.25, -0.2) is 0 Å². The number of carbonyl (C=O) groups excluding carboxylic acids is 1. The van der Waals surface area contributed by atoms with Gasteiger partial charge >= 0.3 is 5.97 Å². The monoisotopic (exact) mass is 291 g/mol. The number of amides is 1. The topological polar surface area (TPSA) is 66.8 Å². The Kier molecular flexibility index (Phi) is 2.38. The van der Waals surface area contributed by atoms with Crippen molar-refractivity contribution in [3.8, 4) is 0 Å². The number of hydrogen-bond donors (Lipinski definition) is 1. The first-order valence-corrected chi connectivity index (χ1v) is 7.40. The van der Waals surface area contributed by atoms with Crippen molar-refractivity contribution in [1.82, 2.24) is 4.90 Å². The van der Waals surface area contributed by atoms with Crippen molar-refractivity contribution in [2.75, 3.05) is 6.54 Å². The number of fused-ring (bicyclic) bond motifs is 1. The number of thiophene rings is 1. The summed E-state index contributed by atoms with van der Waals surface area (Å²) in [5.74, 6) is -2.37. The highest BCUT2D eigenvalue weighted by Crippen LogP contribution is 2.52. The van der Waals surface area contributed by atoms with Gasteiger partial charge in [0.15, 0.2) is 0 Å². The van der Waals surface area contributed by atoms with Gasteiger partial charge in [0.1, 0.15) is 11.5 Å². The Balaban J connectivity index is 1.65. The van der Waals surface area contributed by atoms with Gasteiger partial charge in [0.05, 0.1) is 25.1 Å². The van der Waals surface area contributed by atoms with Gasteiger partial charge in [0.25, 0.3) is 0 Å². The van der Waals surface area contributed by atoms with Gasteiger partial charge < -0.3 is 14.7 Å². The molecule has 3 aliphatic heterocycles. The van der Waals surface area contributed by atoms with Crippen LogP contribution in [0.15, 0.2) is 29.7 Å². The van der Waals surface area contributed by atoms with E-state index in [9.17, 15) is 14.7 Å². The molecule has 4 heterocycles. The molecular weight excluding hydrogens is 278 g/mol. The number of likely N-dealkylation sites (tertiary alicyclic amines) is 1. The predicted octanol–water partition coefficient (Wildman–Crippen LogP) is 1.11. The quantitative estimate of drug-likeness (QED) is 0.847. The Morgan fingerprint density at radius 1 is 1.60 bits per heavy atom. The van der Waals surface area contributed by atoms with Crippen molar-refractivity contribution in [3.05, 3.63) is 34.5 Å². The van der Waals surface area contributed by atoms with Crippen molar-refractivity contribution in [2.45, 2.75) is 18.2 Å². The molecule has 5 nitrogen and oxygen atoms in total. The SMILES string of the molecule is O=C(O)[C@H]1[C@@H]2C=C[C@]3(CN(Cc4cccs4)C(=O)[C@H]13)O2. The summed E-state index contributed by atoms with van der Waals surface area (Å²) in [7, 11) is 0. The molecular formula is C14H13NO4S. The van der Waals surface area contributed by atoms with Crippen molar-refractivity contribution >= 4 is 23.2 Å². The largest absolute Gasteiger partial charge is 0.481 e. The van der Waals surface area contributed by atoms with E-state index in [1.807, 2.05) is 23.6 Å². The second-order valence-electron chi connectivity index (χ2n) is 5.51. The van der Waals surface area contributed by atoms with Crippen LogP contribution in [0.1, 0.15) is 4.88 Å². The second kappa shape index (κ2) is 3.93. The highest BCUT2D eigenvalue weighted by atomic mass is 32.1. The maximum atomic E-state index is 12.6. The van der Waals surface area contributed by atoms with Gasteiger partial charge in [-0.2, -0.15) is 0 Å². The number of carboxylic acid groups (broad SMARTS) is 1. The first kappa shape index (κ1) is 12.1. The Hall–Kier alpha value is -1.66. The summed E-state index contributed by atoms with van der Waals surface area (Å²) in [6, 6.07) is 3.92. The first-order chi connectivity index (χ1) is 9.61. The molecule has 4 rings (SSSR count). The lowest BCUT2D eigenvalue weighted by Gasteiger charge is -2.21. The van der Waals surface area contributed by atoms with Crippen molar-refractivity contribution in [1.29, 1.82) is 0 Å². The molecule has 104 valence electrons. The molecule has 2 bridgehead atoms. The Bertz CT molecular complexity index is 611. The molecule has 1 spiro atoms. The van der Waals surface area contributed by atoms with Crippen LogP contribution in [-0.4, -0.2) is 40.1 Å². The lowest BCUT2D eigenvalue weighted by molar-refractivity contribution is -0.148. The Labute approximate surface area is 119 Å². The molecule has 6 heteroatoms. The number of hydrogen-bond acceptors (Lipinski definition) is 4. The Morgan fingerprint density at radius 3 is 3.15 bits per heavy atom. The highest BCUT2D eigenvalue weighted by molar-refractivity contribution is 7.09. The zero-order chi connectivity index (χ0) is 13.9. The molecule has 1 aromatic heterocycles. The predicted molar refractivity (Wildman–Crippen MR) is 71.1 cm³/mol. The van der Waals surface area contributed by atoms with Crippen LogP contribution >= 0.6 is 11.3 Å². The molecule has 0 saturated carbocycles. The summed E-state index contributed by atoms with van der Waals surface area (Å²) >= 11 is 1.59. The van der Waals surface area contributed by atoms with Crippen LogP contribution in [-0.2, 0) is 20.9 Å². The highest BCUT2D eigenvalue weighted by Gasteiger charge is 2.66. The second-order valence-corrected chi connectivity index (χ2v) is 6.54. The third kappa shape index (κ3) is 1.46. The standard InChI is InChI=1S/C14H13NO4S/c16-12-11-10(13(17)18)9-3-4-14(11,19-9)7-15(12)6-8-2-1-5-20-8/h1-5,9-11H,6-7H2,(H,17,18)/t9-,10-,11-,14+/m0/s1. The van der Waals surface area contributed by atoms with Crippen LogP contribution in [0.4, 0.5) is 0 Å². The van der Waals surface area contributed by atoms with E-state index in [1.54, 1.807) is 22.3 Å². The van der Waals surface area contributed by atoms with E-state index in [0.717, 1.165) is 4.88 Å². The zero-order valence-corrected chi connectivity index (χ0v) is 11.4. The molecule has 0 aliphatic carbocycles. The first-order valence-electron chi connectivity index (χ1n) is 6.52. The minimum atomic E-state index is -0.947. The number of carbonyl (C=O) groups is 2. The number of nitrogens with zero attached hydrogens (tertiary/aromatic N) is 1. The van der Waals surface area contributed by atoms with Crippen LogP contribution < -0.4 is 0 Å². The molecule has 2 fully saturated rings. The average Bonchev–Trinajstić information content (AvgIpc) is 3.12. The summed E-state index contributed by atoms with van der Waals surface area (Å²) in [5, 5.41) is 11.3. The fraction of sp³-hybridized carbons (Fsp3) is 0.429. The molecule has 1 N–H and O–H groups in total. The van der Waals surface area contributed by atoms with E-state index in [2.05, 4.69) is 0 Å². The number of rotatable bonds is 3. The average molecular weight is 291 g/mol. The zero-order valence-electron chi connectivity index (χ0n) is 10.6. The van der Waals surface area contributed by atoms with Gasteiger partial charge in [-0.3, -0.25) is 9.59 Å². The van der Waals surface area contributed by atoms with Crippen LogP contribution in [0.5, 0.6) is 0 Å². The minimum absolute atomic E-state index is 0.0994. The van der Waals surface area contributed by atoms with Gasteiger partial charge in [0.2, 0.25) is 5.91 Å². The van der Waals surface area contributed by atoms with Crippen LogP contribution in [0, 0.1) is 11.8 Å².